The molecule has 1 aliphatic carbocycles. The van der Waals surface area contributed by atoms with Gasteiger partial charge in [-0.05, 0) is 19.8 Å². The highest BCUT2D eigenvalue weighted by Crippen LogP contribution is 2.42. The first-order valence-corrected chi connectivity index (χ1v) is 6.89. The average Bonchev–Trinajstić information content (AvgIpc) is 2.00. The molecular weight excluding hydrogens is 244 g/mol. The Kier molecular flexibility index (Phi) is 3.97. The number of carbonyl (C=O) groups is 1. The van der Waals surface area contributed by atoms with Gasteiger partial charge in [0.25, 0.3) is 0 Å². The number of hydrogen-bond donors (Lipinski definition) is 0. The lowest BCUT2D eigenvalue weighted by atomic mass is 9.69. The van der Waals surface area contributed by atoms with Crippen molar-refractivity contribution in [1.29, 1.82) is 0 Å². The lowest BCUT2D eigenvalue weighted by Gasteiger charge is -2.37. The van der Waals surface area contributed by atoms with E-state index in [1.54, 1.807) is 6.92 Å². The van der Waals surface area contributed by atoms with Gasteiger partial charge in [-0.2, -0.15) is 8.42 Å². The van der Waals surface area contributed by atoms with E-state index in [9.17, 15) is 13.2 Å². The Hall–Kier alpha value is -0.330. The van der Waals surface area contributed by atoms with Gasteiger partial charge in [-0.25, -0.2) is 0 Å². The standard InChI is InChI=1S/C8H13ClO5S/c1-2-13-7(10)8(4-3-5-8)6-14-15(9,11)12/h2-6H2,1H3. The van der Waals surface area contributed by atoms with Crippen LogP contribution in [0.1, 0.15) is 26.2 Å². The minimum Gasteiger partial charge on any atom is -0.465 e. The molecule has 0 aromatic heterocycles. The van der Waals surface area contributed by atoms with Gasteiger partial charge in [-0.15, -0.1) is 0 Å². The Morgan fingerprint density at radius 1 is 1.47 bits per heavy atom. The van der Waals surface area contributed by atoms with Crippen molar-refractivity contribution in [2.45, 2.75) is 26.2 Å². The zero-order valence-corrected chi connectivity index (χ0v) is 9.94. The van der Waals surface area contributed by atoms with Crippen LogP contribution in [0.5, 0.6) is 0 Å². The van der Waals surface area contributed by atoms with Crippen LogP contribution in [0.15, 0.2) is 0 Å². The Morgan fingerprint density at radius 2 is 2.07 bits per heavy atom. The van der Waals surface area contributed by atoms with Crippen molar-refractivity contribution in [2.24, 2.45) is 5.41 Å². The van der Waals surface area contributed by atoms with Crippen molar-refractivity contribution in [2.75, 3.05) is 13.2 Å². The number of ether oxygens (including phenoxy) is 1. The number of halogens is 1. The van der Waals surface area contributed by atoms with E-state index >= 15 is 0 Å². The molecular formula is C8H13ClO5S. The molecule has 1 rings (SSSR count). The molecule has 7 heteroatoms. The van der Waals surface area contributed by atoms with Gasteiger partial charge in [-0.1, -0.05) is 6.42 Å². The summed E-state index contributed by atoms with van der Waals surface area (Å²) in [4.78, 5) is 11.5. The van der Waals surface area contributed by atoms with Crippen LogP contribution in [0, 0.1) is 5.41 Å². The second kappa shape index (κ2) is 4.67. The van der Waals surface area contributed by atoms with Crippen LogP contribution in [0.3, 0.4) is 0 Å². The summed E-state index contributed by atoms with van der Waals surface area (Å²) in [6, 6.07) is 0. The van der Waals surface area contributed by atoms with Gasteiger partial charge in [0.2, 0.25) is 0 Å². The van der Waals surface area contributed by atoms with Crippen molar-refractivity contribution in [3.05, 3.63) is 0 Å². The second-order valence-corrected chi connectivity index (χ2v) is 5.67. The van der Waals surface area contributed by atoms with Crippen molar-refractivity contribution in [3.8, 4) is 0 Å². The number of rotatable bonds is 5. The van der Waals surface area contributed by atoms with Crippen molar-refractivity contribution in [3.63, 3.8) is 0 Å². The van der Waals surface area contributed by atoms with Crippen LogP contribution >= 0.6 is 10.7 Å². The molecule has 0 atom stereocenters. The van der Waals surface area contributed by atoms with E-state index < -0.39 is 20.7 Å². The minimum absolute atomic E-state index is 0.225. The summed E-state index contributed by atoms with van der Waals surface area (Å²) in [6.45, 7) is 1.75. The molecule has 0 aromatic rings. The molecule has 0 saturated heterocycles. The van der Waals surface area contributed by atoms with Gasteiger partial charge in [-0.3, -0.25) is 8.98 Å². The largest absolute Gasteiger partial charge is 0.465 e. The maximum atomic E-state index is 11.5. The highest BCUT2D eigenvalue weighted by atomic mass is 35.7. The maximum Gasteiger partial charge on any atom is 0.355 e. The first-order chi connectivity index (χ1) is 6.90. The predicted molar refractivity (Wildman–Crippen MR) is 53.6 cm³/mol. The Balaban J connectivity index is 2.57. The first kappa shape index (κ1) is 12.7. The molecule has 0 heterocycles. The molecule has 0 aliphatic heterocycles. The van der Waals surface area contributed by atoms with Crippen molar-refractivity contribution in [1.82, 2.24) is 0 Å². The second-order valence-electron chi connectivity index (χ2n) is 3.51. The average molecular weight is 257 g/mol. The van der Waals surface area contributed by atoms with Crippen LogP contribution in [-0.2, 0) is 23.0 Å². The van der Waals surface area contributed by atoms with E-state index in [1.807, 2.05) is 0 Å². The van der Waals surface area contributed by atoms with Crippen LogP contribution in [0.2, 0.25) is 0 Å². The topological polar surface area (TPSA) is 69.7 Å². The Morgan fingerprint density at radius 3 is 2.40 bits per heavy atom. The highest BCUT2D eigenvalue weighted by molar-refractivity contribution is 8.09. The predicted octanol–water partition coefficient (Wildman–Crippen LogP) is 1.22. The van der Waals surface area contributed by atoms with Gasteiger partial charge in [0.1, 0.15) is 0 Å². The van der Waals surface area contributed by atoms with Crippen LogP contribution in [-0.4, -0.2) is 27.6 Å². The molecule has 0 aromatic carbocycles. The molecule has 0 spiro atoms. The normalized spacial score (nSPS) is 19.3. The first-order valence-electron chi connectivity index (χ1n) is 4.66. The van der Waals surface area contributed by atoms with Gasteiger partial charge >= 0.3 is 15.3 Å². The van der Waals surface area contributed by atoms with Crippen molar-refractivity contribution >= 4 is 26.0 Å². The molecule has 1 saturated carbocycles. The summed E-state index contributed by atoms with van der Waals surface area (Å²) in [7, 11) is 0.882. The SMILES string of the molecule is CCOC(=O)C1(COS(=O)(=O)Cl)CCC1. The molecule has 0 N–H and O–H groups in total. The smallest absolute Gasteiger partial charge is 0.355 e. The maximum absolute atomic E-state index is 11.5. The summed E-state index contributed by atoms with van der Waals surface area (Å²) in [5, 5.41) is 0. The van der Waals surface area contributed by atoms with Crippen LogP contribution < -0.4 is 0 Å². The third kappa shape index (κ3) is 3.32. The van der Waals surface area contributed by atoms with Gasteiger partial charge in [0.15, 0.2) is 0 Å². The zero-order chi connectivity index (χ0) is 11.5. The summed E-state index contributed by atoms with van der Waals surface area (Å²) < 4.78 is 30.5. The summed E-state index contributed by atoms with van der Waals surface area (Å²) >= 11 is 0. The fraction of sp³-hybridized carbons (Fsp3) is 0.875. The van der Waals surface area contributed by atoms with Crippen LogP contribution in [0.25, 0.3) is 0 Å². The van der Waals surface area contributed by atoms with E-state index in [4.69, 9.17) is 15.4 Å². The van der Waals surface area contributed by atoms with E-state index in [0.29, 0.717) is 12.8 Å². The molecule has 1 aliphatic rings. The molecule has 0 bridgehead atoms. The van der Waals surface area contributed by atoms with Gasteiger partial charge < -0.3 is 4.74 Å². The lowest BCUT2D eigenvalue weighted by Crippen LogP contribution is -2.43. The zero-order valence-electron chi connectivity index (χ0n) is 8.36. The van der Waals surface area contributed by atoms with E-state index in [1.165, 1.54) is 0 Å². The minimum atomic E-state index is -4.02. The third-order valence-electron chi connectivity index (χ3n) is 2.50. The molecule has 15 heavy (non-hydrogen) atoms. The third-order valence-corrected chi connectivity index (χ3v) is 3.16. The summed E-state index contributed by atoms with van der Waals surface area (Å²) in [5.41, 5.74) is -0.808. The number of hydrogen-bond acceptors (Lipinski definition) is 5. The Bertz CT molecular complexity index is 333. The number of esters is 1. The van der Waals surface area contributed by atoms with Crippen LogP contribution in [0.4, 0.5) is 0 Å². The molecule has 0 unspecified atom stereocenters. The van der Waals surface area contributed by atoms with Gasteiger partial charge in [0.05, 0.1) is 18.6 Å². The summed E-state index contributed by atoms with van der Waals surface area (Å²) in [6.07, 6.45) is 2.03. The molecule has 0 radical (unpaired) electrons. The van der Waals surface area contributed by atoms with Gasteiger partial charge in [0, 0.05) is 10.7 Å². The quantitative estimate of drug-likeness (QED) is 0.546. The fourth-order valence-corrected chi connectivity index (χ4v) is 1.98. The summed E-state index contributed by atoms with van der Waals surface area (Å²) in [5.74, 6) is -0.406. The molecule has 88 valence electrons. The van der Waals surface area contributed by atoms with Crippen molar-refractivity contribution < 1.29 is 22.1 Å². The fourth-order valence-electron chi connectivity index (χ4n) is 1.48. The number of carbonyl (C=O) groups excluding carboxylic acids is 1. The molecule has 1 fully saturated rings. The molecule has 5 nitrogen and oxygen atoms in total. The Labute approximate surface area is 93.3 Å². The van der Waals surface area contributed by atoms with E-state index in [0.717, 1.165) is 6.42 Å². The molecule has 0 amide bonds. The monoisotopic (exact) mass is 256 g/mol. The van der Waals surface area contributed by atoms with E-state index in [2.05, 4.69) is 4.18 Å². The highest BCUT2D eigenvalue weighted by Gasteiger charge is 2.46. The van der Waals surface area contributed by atoms with E-state index in [-0.39, 0.29) is 13.2 Å². The lowest BCUT2D eigenvalue weighted by molar-refractivity contribution is -0.163.